The first kappa shape index (κ1) is 13.9. The molecule has 0 aliphatic heterocycles. The van der Waals surface area contributed by atoms with Gasteiger partial charge in [-0.05, 0) is 40.7 Å². The van der Waals surface area contributed by atoms with Crippen molar-refractivity contribution in [3.63, 3.8) is 0 Å². The molecule has 14 heavy (non-hydrogen) atoms. The molecule has 0 radical (unpaired) electrons. The van der Waals surface area contributed by atoms with Gasteiger partial charge in [0.15, 0.2) is 0 Å². The number of aliphatic hydroxyl groups is 1. The predicted octanol–water partition coefficient (Wildman–Crippen LogP) is 1.21. The summed E-state index contributed by atoms with van der Waals surface area (Å²) in [5.41, 5.74) is 5.23. The van der Waals surface area contributed by atoms with Crippen LogP contribution in [-0.2, 0) is 0 Å². The third kappa shape index (κ3) is 4.40. The van der Waals surface area contributed by atoms with Crippen molar-refractivity contribution in [2.24, 2.45) is 5.73 Å². The van der Waals surface area contributed by atoms with Crippen LogP contribution in [0.4, 0.5) is 0 Å². The summed E-state index contributed by atoms with van der Waals surface area (Å²) in [5, 5.41) is 9.62. The number of hydrogen-bond donors (Lipinski definition) is 2. The van der Waals surface area contributed by atoms with E-state index in [1.807, 2.05) is 13.8 Å². The molecule has 0 heterocycles. The lowest BCUT2D eigenvalue weighted by Crippen LogP contribution is -2.50. The maximum atomic E-state index is 9.62. The minimum atomic E-state index is -0.586. The topological polar surface area (TPSA) is 49.5 Å². The zero-order valence-corrected chi connectivity index (χ0v) is 10.3. The highest BCUT2D eigenvalue weighted by Gasteiger charge is 2.26. The molecule has 1 unspecified atom stereocenters. The van der Waals surface area contributed by atoms with Gasteiger partial charge >= 0.3 is 0 Å². The summed E-state index contributed by atoms with van der Waals surface area (Å²) in [7, 11) is 2.07. The Morgan fingerprint density at radius 1 is 1.29 bits per heavy atom. The molecule has 0 aliphatic carbocycles. The van der Waals surface area contributed by atoms with Gasteiger partial charge in [0.2, 0.25) is 0 Å². The van der Waals surface area contributed by atoms with E-state index in [4.69, 9.17) is 5.73 Å². The third-order valence-corrected chi connectivity index (χ3v) is 3.18. The molecule has 3 N–H and O–H groups in total. The zero-order valence-electron chi connectivity index (χ0n) is 10.3. The summed E-state index contributed by atoms with van der Waals surface area (Å²) in [6.07, 6.45) is 1.81. The fraction of sp³-hybridized carbons (Fsp3) is 1.00. The van der Waals surface area contributed by atoms with Crippen molar-refractivity contribution < 1.29 is 5.11 Å². The molecule has 0 saturated carbocycles. The lowest BCUT2D eigenvalue weighted by molar-refractivity contribution is 0.0429. The van der Waals surface area contributed by atoms with Crippen molar-refractivity contribution in [1.82, 2.24) is 4.90 Å². The number of rotatable bonds is 6. The minimum Gasteiger partial charge on any atom is -0.390 e. The highest BCUT2D eigenvalue weighted by atomic mass is 16.3. The van der Waals surface area contributed by atoms with E-state index in [1.54, 1.807) is 0 Å². The van der Waals surface area contributed by atoms with Gasteiger partial charge < -0.3 is 10.8 Å². The molecule has 0 aliphatic rings. The second-order valence-corrected chi connectivity index (χ2v) is 5.04. The van der Waals surface area contributed by atoms with Crippen LogP contribution >= 0.6 is 0 Å². The monoisotopic (exact) mass is 202 g/mol. The van der Waals surface area contributed by atoms with E-state index < -0.39 is 5.60 Å². The molecule has 0 aromatic carbocycles. The van der Waals surface area contributed by atoms with Gasteiger partial charge in [-0.15, -0.1) is 0 Å². The normalized spacial score (nSPS) is 17.1. The van der Waals surface area contributed by atoms with Gasteiger partial charge in [0.05, 0.1) is 5.60 Å². The number of nitrogens with two attached hydrogens (primary N) is 1. The van der Waals surface area contributed by atoms with Crippen molar-refractivity contribution >= 4 is 0 Å². The molecule has 3 heteroatoms. The number of likely N-dealkylation sites (N-methyl/N-ethyl adjacent to an activating group) is 1. The molecule has 0 fully saturated rings. The van der Waals surface area contributed by atoms with Crippen molar-refractivity contribution in [2.45, 2.75) is 51.7 Å². The maximum absolute atomic E-state index is 9.62. The average molecular weight is 202 g/mol. The summed E-state index contributed by atoms with van der Waals surface area (Å²) in [4.78, 5) is 2.24. The quantitative estimate of drug-likeness (QED) is 0.680. The van der Waals surface area contributed by atoms with Crippen LogP contribution in [0.1, 0.15) is 40.5 Å². The fourth-order valence-electron chi connectivity index (χ4n) is 1.28. The van der Waals surface area contributed by atoms with E-state index in [0.717, 1.165) is 19.4 Å². The Balaban J connectivity index is 4.12. The predicted molar refractivity (Wildman–Crippen MR) is 61.3 cm³/mol. The first-order valence-electron chi connectivity index (χ1n) is 5.39. The van der Waals surface area contributed by atoms with Crippen LogP contribution < -0.4 is 5.73 Å². The van der Waals surface area contributed by atoms with E-state index >= 15 is 0 Å². The first-order valence-corrected chi connectivity index (χ1v) is 5.39. The highest BCUT2D eigenvalue weighted by Crippen LogP contribution is 2.18. The van der Waals surface area contributed by atoms with Crippen LogP contribution in [0.15, 0.2) is 0 Å². The molecule has 0 saturated heterocycles. The van der Waals surface area contributed by atoms with Crippen molar-refractivity contribution in [1.29, 1.82) is 0 Å². The Kier molecular flexibility index (Phi) is 5.06. The van der Waals surface area contributed by atoms with E-state index in [2.05, 4.69) is 25.8 Å². The first-order chi connectivity index (χ1) is 6.25. The van der Waals surface area contributed by atoms with Gasteiger partial charge in [0, 0.05) is 18.6 Å². The van der Waals surface area contributed by atoms with Gasteiger partial charge in [-0.2, -0.15) is 0 Å². The summed E-state index contributed by atoms with van der Waals surface area (Å²) < 4.78 is 0. The number of hydrogen-bond acceptors (Lipinski definition) is 3. The molecule has 3 nitrogen and oxygen atoms in total. The highest BCUT2D eigenvalue weighted by molar-refractivity contribution is 4.84. The Hall–Kier alpha value is -0.120. The summed E-state index contributed by atoms with van der Waals surface area (Å²) in [6, 6.07) is 0. The zero-order chi connectivity index (χ0) is 11.4. The van der Waals surface area contributed by atoms with E-state index in [9.17, 15) is 5.11 Å². The molecular weight excluding hydrogens is 176 g/mol. The van der Waals surface area contributed by atoms with Crippen molar-refractivity contribution in [2.75, 3.05) is 20.1 Å². The SMILES string of the molecule is CCC(C)(CN)N(C)CCC(C)(C)O. The molecule has 0 aromatic rings. The van der Waals surface area contributed by atoms with Gasteiger partial charge in [-0.3, -0.25) is 4.90 Å². The lowest BCUT2D eigenvalue weighted by Gasteiger charge is -2.38. The molecule has 0 amide bonds. The van der Waals surface area contributed by atoms with Crippen molar-refractivity contribution in [3.05, 3.63) is 0 Å². The van der Waals surface area contributed by atoms with Crippen LogP contribution in [0.5, 0.6) is 0 Å². The van der Waals surface area contributed by atoms with Crippen LogP contribution in [0.2, 0.25) is 0 Å². The van der Waals surface area contributed by atoms with Crippen molar-refractivity contribution in [3.8, 4) is 0 Å². The van der Waals surface area contributed by atoms with Crippen LogP contribution in [0.25, 0.3) is 0 Å². The molecule has 0 aromatic heterocycles. The van der Waals surface area contributed by atoms with E-state index in [0.29, 0.717) is 6.54 Å². The van der Waals surface area contributed by atoms with Crippen LogP contribution in [0.3, 0.4) is 0 Å². The molecule has 86 valence electrons. The van der Waals surface area contributed by atoms with Crippen LogP contribution in [-0.4, -0.2) is 41.3 Å². The lowest BCUT2D eigenvalue weighted by atomic mass is 9.95. The molecule has 0 rings (SSSR count). The summed E-state index contributed by atoms with van der Waals surface area (Å²) >= 11 is 0. The largest absolute Gasteiger partial charge is 0.390 e. The standard InChI is InChI=1S/C11H26N2O/c1-6-11(4,9-12)13(5)8-7-10(2,3)14/h14H,6-9,12H2,1-5H3. The molecular formula is C11H26N2O. The van der Waals surface area contributed by atoms with E-state index in [1.165, 1.54) is 0 Å². The second kappa shape index (κ2) is 5.10. The average Bonchev–Trinajstić information content (AvgIpc) is 2.11. The molecule has 1 atom stereocenters. The van der Waals surface area contributed by atoms with Crippen LogP contribution in [0, 0.1) is 0 Å². The molecule has 0 spiro atoms. The Morgan fingerprint density at radius 3 is 2.07 bits per heavy atom. The van der Waals surface area contributed by atoms with Gasteiger partial charge in [0.1, 0.15) is 0 Å². The molecule has 0 bridgehead atoms. The third-order valence-electron chi connectivity index (χ3n) is 3.18. The minimum absolute atomic E-state index is 0.0608. The smallest absolute Gasteiger partial charge is 0.0603 e. The Labute approximate surface area is 88.3 Å². The van der Waals surface area contributed by atoms with Gasteiger partial charge in [-0.25, -0.2) is 0 Å². The Morgan fingerprint density at radius 2 is 1.79 bits per heavy atom. The van der Waals surface area contributed by atoms with Gasteiger partial charge in [-0.1, -0.05) is 6.92 Å². The van der Waals surface area contributed by atoms with Gasteiger partial charge in [0.25, 0.3) is 0 Å². The second-order valence-electron chi connectivity index (χ2n) is 5.04. The summed E-state index contributed by atoms with van der Waals surface area (Å²) in [5.74, 6) is 0. The summed E-state index contributed by atoms with van der Waals surface area (Å²) in [6.45, 7) is 9.53. The van der Waals surface area contributed by atoms with E-state index in [-0.39, 0.29) is 5.54 Å². The Bertz CT molecular complexity index is 159. The number of nitrogens with zero attached hydrogens (tertiary/aromatic N) is 1. The maximum Gasteiger partial charge on any atom is 0.0603 e. The fourth-order valence-corrected chi connectivity index (χ4v) is 1.28.